The van der Waals surface area contributed by atoms with Gasteiger partial charge >= 0.3 is 0 Å². The molecule has 2 unspecified atom stereocenters. The van der Waals surface area contributed by atoms with Gasteiger partial charge in [-0.05, 0) is 30.2 Å². The van der Waals surface area contributed by atoms with Crippen LogP contribution in [0.5, 0.6) is 0 Å². The lowest BCUT2D eigenvalue weighted by molar-refractivity contribution is -0.120. The van der Waals surface area contributed by atoms with Crippen LogP contribution in [0, 0.1) is 5.92 Å². The van der Waals surface area contributed by atoms with E-state index in [0.717, 1.165) is 30.5 Å². The Hall–Kier alpha value is -2.28. The Balaban J connectivity index is 1.74. The lowest BCUT2D eigenvalue weighted by Gasteiger charge is -2.15. The van der Waals surface area contributed by atoms with E-state index >= 15 is 0 Å². The summed E-state index contributed by atoms with van der Waals surface area (Å²) in [7, 11) is 0. The number of rotatable bonds is 3. The maximum Gasteiger partial charge on any atom is 0.229 e. The molecular weight excluding hydrogens is 256 g/mol. The van der Waals surface area contributed by atoms with Crippen LogP contribution < -0.4 is 11.1 Å². The van der Waals surface area contributed by atoms with Gasteiger partial charge in [-0.15, -0.1) is 10.2 Å². The Morgan fingerprint density at radius 3 is 3.00 bits per heavy atom. The molecule has 0 spiro atoms. The molecule has 20 heavy (non-hydrogen) atoms. The fourth-order valence-corrected chi connectivity index (χ4v) is 2.57. The summed E-state index contributed by atoms with van der Waals surface area (Å²) in [5.74, 6) is 0.391. The monoisotopic (exact) mass is 272 g/mol. The molecule has 1 saturated carbocycles. The number of hydrogen-bond donors (Lipinski definition) is 3. The molecule has 0 radical (unpaired) electrons. The van der Waals surface area contributed by atoms with Gasteiger partial charge in [0.05, 0.1) is 5.92 Å². The van der Waals surface area contributed by atoms with Crippen molar-refractivity contribution in [3.63, 3.8) is 0 Å². The van der Waals surface area contributed by atoms with E-state index in [1.165, 1.54) is 0 Å². The standard InChI is InChI=1S/C13H16N6O/c14-11-6-2-5-10(11)13(20)15-9-4-1-3-8(7-9)12-16-18-19-17-12/h1,3-4,7,10-11H,2,5-6,14H2,(H,15,20)(H,16,17,18,19). The van der Waals surface area contributed by atoms with Gasteiger partial charge in [0.15, 0.2) is 0 Å². The van der Waals surface area contributed by atoms with Gasteiger partial charge < -0.3 is 11.1 Å². The molecule has 1 heterocycles. The van der Waals surface area contributed by atoms with Crippen LogP contribution in [0.25, 0.3) is 11.4 Å². The molecule has 2 atom stereocenters. The second-order valence-corrected chi connectivity index (χ2v) is 5.01. The number of hydrogen-bond acceptors (Lipinski definition) is 5. The zero-order valence-electron chi connectivity index (χ0n) is 10.9. The molecule has 0 saturated heterocycles. The summed E-state index contributed by atoms with van der Waals surface area (Å²) in [6.07, 6.45) is 2.79. The largest absolute Gasteiger partial charge is 0.327 e. The average Bonchev–Trinajstić information content (AvgIpc) is 3.09. The van der Waals surface area contributed by atoms with Crippen molar-refractivity contribution in [2.24, 2.45) is 11.7 Å². The Bertz CT molecular complexity index is 597. The zero-order chi connectivity index (χ0) is 13.9. The minimum Gasteiger partial charge on any atom is -0.327 e. The summed E-state index contributed by atoms with van der Waals surface area (Å²) in [6.45, 7) is 0. The molecule has 0 aliphatic heterocycles. The molecule has 1 aromatic carbocycles. The predicted octanol–water partition coefficient (Wildman–Crippen LogP) is 0.933. The number of carbonyl (C=O) groups is 1. The minimum atomic E-state index is -0.0937. The highest BCUT2D eigenvalue weighted by Crippen LogP contribution is 2.26. The normalized spacial score (nSPS) is 21.9. The van der Waals surface area contributed by atoms with Crippen molar-refractivity contribution in [3.05, 3.63) is 24.3 Å². The second-order valence-electron chi connectivity index (χ2n) is 5.01. The SMILES string of the molecule is NC1CCCC1C(=O)Nc1cccc(-c2nn[nH]n2)c1. The highest BCUT2D eigenvalue weighted by molar-refractivity contribution is 5.93. The van der Waals surface area contributed by atoms with E-state index in [1.807, 2.05) is 24.3 Å². The van der Waals surface area contributed by atoms with Crippen LogP contribution in [0.1, 0.15) is 19.3 Å². The molecule has 4 N–H and O–H groups in total. The predicted molar refractivity (Wildman–Crippen MR) is 73.6 cm³/mol. The van der Waals surface area contributed by atoms with E-state index in [-0.39, 0.29) is 17.9 Å². The highest BCUT2D eigenvalue weighted by Gasteiger charge is 2.30. The van der Waals surface area contributed by atoms with Gasteiger partial charge in [-0.25, -0.2) is 0 Å². The molecule has 1 fully saturated rings. The molecule has 0 bridgehead atoms. The third-order valence-electron chi connectivity index (χ3n) is 3.64. The van der Waals surface area contributed by atoms with Gasteiger partial charge in [0.1, 0.15) is 0 Å². The lowest BCUT2D eigenvalue weighted by Crippen LogP contribution is -2.34. The number of H-pyrrole nitrogens is 1. The fourth-order valence-electron chi connectivity index (χ4n) is 2.57. The van der Waals surface area contributed by atoms with Crippen LogP contribution in [-0.4, -0.2) is 32.6 Å². The van der Waals surface area contributed by atoms with Crippen molar-refractivity contribution in [1.29, 1.82) is 0 Å². The van der Waals surface area contributed by atoms with Crippen LogP contribution in [0.2, 0.25) is 0 Å². The number of tetrazole rings is 1. The summed E-state index contributed by atoms with van der Waals surface area (Å²) in [5.41, 5.74) is 7.46. The minimum absolute atomic E-state index is 0.0136. The quantitative estimate of drug-likeness (QED) is 0.770. The summed E-state index contributed by atoms with van der Waals surface area (Å²) in [5, 5.41) is 16.7. The number of nitrogens with two attached hydrogens (primary N) is 1. The van der Waals surface area contributed by atoms with Gasteiger partial charge in [0.2, 0.25) is 11.7 Å². The van der Waals surface area contributed by atoms with Gasteiger partial charge in [-0.2, -0.15) is 5.21 Å². The summed E-state index contributed by atoms with van der Waals surface area (Å²) in [4.78, 5) is 12.2. The van der Waals surface area contributed by atoms with Crippen molar-refractivity contribution in [2.75, 3.05) is 5.32 Å². The van der Waals surface area contributed by atoms with E-state index in [2.05, 4.69) is 25.9 Å². The first kappa shape index (κ1) is 12.7. The molecule has 2 aromatic rings. The number of benzene rings is 1. The summed E-state index contributed by atoms with van der Waals surface area (Å²) < 4.78 is 0. The van der Waals surface area contributed by atoms with Gasteiger partial charge in [-0.1, -0.05) is 18.6 Å². The number of amides is 1. The third-order valence-corrected chi connectivity index (χ3v) is 3.64. The molecule has 1 aliphatic carbocycles. The van der Waals surface area contributed by atoms with E-state index < -0.39 is 0 Å². The van der Waals surface area contributed by atoms with Crippen LogP contribution in [0.4, 0.5) is 5.69 Å². The summed E-state index contributed by atoms with van der Waals surface area (Å²) >= 11 is 0. The number of anilines is 1. The first-order chi connectivity index (χ1) is 9.74. The van der Waals surface area contributed by atoms with E-state index in [1.54, 1.807) is 0 Å². The Morgan fingerprint density at radius 2 is 2.30 bits per heavy atom. The maximum atomic E-state index is 12.2. The van der Waals surface area contributed by atoms with Crippen molar-refractivity contribution < 1.29 is 4.79 Å². The summed E-state index contributed by atoms with van der Waals surface area (Å²) in [6, 6.07) is 7.33. The van der Waals surface area contributed by atoms with Crippen molar-refractivity contribution in [1.82, 2.24) is 20.6 Å². The second kappa shape index (κ2) is 5.38. The van der Waals surface area contributed by atoms with Crippen LogP contribution in [0.3, 0.4) is 0 Å². The van der Waals surface area contributed by atoms with E-state index in [4.69, 9.17) is 5.73 Å². The van der Waals surface area contributed by atoms with Crippen LogP contribution in [-0.2, 0) is 4.79 Å². The van der Waals surface area contributed by atoms with Gasteiger partial charge in [0, 0.05) is 17.3 Å². The number of aromatic nitrogens is 4. The average molecular weight is 272 g/mol. The first-order valence-corrected chi connectivity index (χ1v) is 6.64. The van der Waals surface area contributed by atoms with Crippen molar-refractivity contribution >= 4 is 11.6 Å². The maximum absolute atomic E-state index is 12.2. The molecule has 1 aromatic heterocycles. The van der Waals surface area contributed by atoms with Crippen LogP contribution in [0.15, 0.2) is 24.3 Å². The highest BCUT2D eigenvalue weighted by atomic mass is 16.1. The van der Waals surface area contributed by atoms with E-state index in [9.17, 15) is 4.79 Å². The first-order valence-electron chi connectivity index (χ1n) is 6.64. The van der Waals surface area contributed by atoms with Crippen molar-refractivity contribution in [3.8, 4) is 11.4 Å². The molecule has 1 aliphatic rings. The fraction of sp³-hybridized carbons (Fsp3) is 0.385. The van der Waals surface area contributed by atoms with E-state index in [0.29, 0.717) is 5.82 Å². The lowest BCUT2D eigenvalue weighted by atomic mass is 10.0. The zero-order valence-corrected chi connectivity index (χ0v) is 10.9. The molecule has 104 valence electrons. The Morgan fingerprint density at radius 1 is 1.40 bits per heavy atom. The number of nitrogens with zero attached hydrogens (tertiary/aromatic N) is 3. The van der Waals surface area contributed by atoms with Crippen LogP contribution >= 0.6 is 0 Å². The third kappa shape index (κ3) is 2.53. The topological polar surface area (TPSA) is 110 Å². The smallest absolute Gasteiger partial charge is 0.229 e. The molecule has 1 amide bonds. The molecule has 3 rings (SSSR count). The van der Waals surface area contributed by atoms with Crippen molar-refractivity contribution in [2.45, 2.75) is 25.3 Å². The number of aromatic amines is 1. The van der Waals surface area contributed by atoms with Gasteiger partial charge in [0.25, 0.3) is 0 Å². The molecule has 7 nitrogen and oxygen atoms in total. The number of carbonyl (C=O) groups excluding carboxylic acids is 1. The molecular formula is C13H16N6O. The molecule has 7 heteroatoms. The Kier molecular flexibility index (Phi) is 3.42. The van der Waals surface area contributed by atoms with Gasteiger partial charge in [-0.3, -0.25) is 4.79 Å². The number of nitrogens with one attached hydrogen (secondary N) is 2. The Labute approximate surface area is 115 Å².